The molecule has 0 saturated heterocycles. The molecule has 3 N–H and O–H groups in total. The molecule has 12 aliphatic rings. The lowest BCUT2D eigenvalue weighted by Gasteiger charge is -2.56. The zero-order valence-corrected chi connectivity index (χ0v) is 52.3. The molecule has 2 fully saturated rings. The summed E-state index contributed by atoms with van der Waals surface area (Å²) in [6.07, 6.45) is 30.9. The van der Waals surface area contributed by atoms with Gasteiger partial charge in [-0.15, -0.1) is 0 Å². The normalized spacial score (nSPS) is 32.2. The molecule has 18 rings (SSSR count). The van der Waals surface area contributed by atoms with Crippen LogP contribution in [0, 0.1) is 35.0 Å². The van der Waals surface area contributed by atoms with E-state index < -0.39 is 53.3 Å². The van der Waals surface area contributed by atoms with Crippen molar-refractivity contribution in [3.8, 4) is 5.75 Å². The summed E-state index contributed by atoms with van der Waals surface area (Å²) < 4.78 is 34.7. The van der Waals surface area contributed by atoms with Crippen molar-refractivity contribution in [1.29, 1.82) is 0 Å². The minimum Gasteiger partial charge on any atom is -0.482 e. The fraction of sp³-hybridized carbons (Fsp3) is 0.395. The Morgan fingerprint density at radius 2 is 1.59 bits per heavy atom. The third kappa shape index (κ3) is 8.42. The van der Waals surface area contributed by atoms with Gasteiger partial charge in [-0.2, -0.15) is 0 Å². The first-order valence-corrected chi connectivity index (χ1v) is 33.8. The molecular formula is C81H78O11. The number of aliphatic hydroxyl groups is 3. The molecule has 11 nitrogen and oxygen atoms in total. The topological polar surface area (TPSA) is 162 Å². The van der Waals surface area contributed by atoms with Crippen LogP contribution in [0.3, 0.4) is 0 Å². The van der Waals surface area contributed by atoms with Crippen molar-refractivity contribution < 1.29 is 48.3 Å². The number of hydrogen-bond donors (Lipinski definition) is 3. The standard InChI is InChI=1S/C81H78O11/c1-45(42-83)57-25-21-48-36-51-18-19-52-38-56-13-7-12-55-24-20-47-11-4-6-16-65(47)81(55,56)67-17-8-15-60(71(52)67)50-22-26-59-54(37-50)40-70(85)89-75-73-68(29-27-61-64(43-84)72(78(87)90-74(61)73)53(31-35-82)44-88-2)92-80(76(75)91-77(57)86)33-9-32-79(34-30-49(48)39-62(51)59)66-28-23-46-10-3-5-14-58(46)63(66)41-69(79)80/h3-6,8-11,14-20,22-24,26-29,32,36,38-39,50,53-56,59,63,66,69,75-76,82-84H,7,12-13,21,25,30-31,33-35,37,40-44H2,1-2H3. The van der Waals surface area contributed by atoms with Crippen molar-refractivity contribution in [2.75, 3.05) is 26.9 Å². The smallest absolute Gasteiger partial charge is 0.340 e. The lowest BCUT2D eigenvalue weighted by molar-refractivity contribution is -0.210. The van der Waals surface area contributed by atoms with Gasteiger partial charge in [0.15, 0.2) is 17.8 Å². The highest BCUT2D eigenvalue weighted by molar-refractivity contribution is 5.91. The summed E-state index contributed by atoms with van der Waals surface area (Å²) in [6.45, 7) is 0.687. The van der Waals surface area contributed by atoms with Crippen LogP contribution in [0.25, 0.3) is 34.8 Å². The van der Waals surface area contributed by atoms with Gasteiger partial charge in [-0.3, -0.25) is 4.79 Å². The summed E-state index contributed by atoms with van der Waals surface area (Å²) >= 11 is 0. The van der Waals surface area contributed by atoms with E-state index in [1.807, 2.05) is 6.07 Å². The number of fused-ring (bicyclic) bond motifs is 9. The first-order valence-electron chi connectivity index (χ1n) is 33.8. The Kier molecular flexibility index (Phi) is 13.9. The number of carbonyl (C=O) groups is 2. The number of hydrogen-bond acceptors (Lipinski definition) is 11. The molecule has 1 aromatic heterocycles. The Bertz CT molecular complexity index is 4390. The van der Waals surface area contributed by atoms with Crippen molar-refractivity contribution in [1.82, 2.24) is 0 Å². The van der Waals surface area contributed by atoms with Crippen LogP contribution in [0.4, 0.5) is 0 Å². The maximum absolute atomic E-state index is 16.3. The van der Waals surface area contributed by atoms with E-state index in [2.05, 4.69) is 146 Å². The van der Waals surface area contributed by atoms with Gasteiger partial charge < -0.3 is 38.7 Å². The minimum atomic E-state index is -1.40. The first-order chi connectivity index (χ1) is 45.0. The summed E-state index contributed by atoms with van der Waals surface area (Å²) in [5, 5.41) is 33.3. The van der Waals surface area contributed by atoms with Crippen molar-refractivity contribution in [2.24, 2.45) is 35.0 Å². The third-order valence-electron chi connectivity index (χ3n) is 24.4. The molecule has 4 heterocycles. The van der Waals surface area contributed by atoms with Crippen LogP contribution in [-0.2, 0) is 48.7 Å². The molecule has 5 aromatic carbocycles. The van der Waals surface area contributed by atoms with Crippen LogP contribution < -0.4 is 10.4 Å². The lowest BCUT2D eigenvalue weighted by atomic mass is 9.48. The Hall–Kier alpha value is -7.93. The van der Waals surface area contributed by atoms with Gasteiger partial charge >= 0.3 is 17.6 Å². The van der Waals surface area contributed by atoms with Gasteiger partial charge in [-0.05, 0) is 184 Å². The number of rotatable bonds is 7. The van der Waals surface area contributed by atoms with E-state index in [1.165, 1.54) is 57.2 Å². The molecule has 92 heavy (non-hydrogen) atoms. The van der Waals surface area contributed by atoms with Crippen LogP contribution in [0.2, 0.25) is 0 Å². The van der Waals surface area contributed by atoms with Crippen LogP contribution in [0.15, 0.2) is 160 Å². The summed E-state index contributed by atoms with van der Waals surface area (Å²) in [7, 11) is 1.53. The van der Waals surface area contributed by atoms with E-state index in [-0.39, 0.29) is 103 Å². The molecule has 0 radical (unpaired) electrons. The van der Waals surface area contributed by atoms with Crippen molar-refractivity contribution in [2.45, 2.75) is 137 Å². The Balaban J connectivity index is 0.924. The van der Waals surface area contributed by atoms with Gasteiger partial charge in [0.25, 0.3) is 0 Å². The molecule has 0 amide bonds. The molecule has 11 heteroatoms. The summed E-state index contributed by atoms with van der Waals surface area (Å²) in [6, 6.07) is 33.2. The molecule has 6 aromatic rings. The third-order valence-corrected chi connectivity index (χ3v) is 24.4. The highest BCUT2D eigenvalue weighted by atomic mass is 16.6. The molecule has 2 spiro atoms. The second-order valence-electron chi connectivity index (χ2n) is 28.4. The zero-order valence-electron chi connectivity index (χ0n) is 52.3. The van der Waals surface area contributed by atoms with Gasteiger partial charge in [-0.25, -0.2) is 9.59 Å². The van der Waals surface area contributed by atoms with Crippen LogP contribution in [-0.4, -0.2) is 65.9 Å². The lowest BCUT2D eigenvalue weighted by Crippen LogP contribution is -2.64. The molecule has 9 aliphatic carbocycles. The molecule has 9 bridgehead atoms. The average Bonchev–Trinajstić information content (AvgIpc) is 1.10. The number of aliphatic hydroxyl groups excluding tert-OH is 3. The molecule has 468 valence electrons. The highest BCUT2D eigenvalue weighted by Crippen LogP contribution is 2.69. The largest absolute Gasteiger partial charge is 0.482 e. The summed E-state index contributed by atoms with van der Waals surface area (Å²) in [5.41, 5.74) is 13.4. The summed E-state index contributed by atoms with van der Waals surface area (Å²) in [5.74, 6) is -1.65. The number of benzene rings is 5. The van der Waals surface area contributed by atoms with Gasteiger partial charge in [-0.1, -0.05) is 152 Å². The van der Waals surface area contributed by atoms with E-state index in [1.54, 1.807) is 13.0 Å². The van der Waals surface area contributed by atoms with E-state index in [0.717, 1.165) is 42.4 Å². The fourth-order valence-electron chi connectivity index (χ4n) is 20.6. The van der Waals surface area contributed by atoms with Crippen LogP contribution >= 0.6 is 0 Å². The second-order valence-corrected chi connectivity index (χ2v) is 28.4. The van der Waals surface area contributed by atoms with Crippen LogP contribution in [0.1, 0.15) is 179 Å². The number of ether oxygens (including phenoxy) is 4. The van der Waals surface area contributed by atoms with Gasteiger partial charge in [0.2, 0.25) is 0 Å². The molecule has 14 unspecified atom stereocenters. The van der Waals surface area contributed by atoms with E-state index in [9.17, 15) is 20.1 Å². The minimum absolute atomic E-state index is 0.00442. The van der Waals surface area contributed by atoms with E-state index >= 15 is 9.59 Å². The maximum Gasteiger partial charge on any atom is 0.340 e. The summed E-state index contributed by atoms with van der Waals surface area (Å²) in [4.78, 5) is 47.2. The Labute approximate surface area is 536 Å². The fourth-order valence-corrected chi connectivity index (χ4v) is 20.6. The zero-order chi connectivity index (χ0) is 62.4. The number of allylic oxidation sites excluding steroid dienone is 8. The van der Waals surface area contributed by atoms with Crippen LogP contribution in [0.5, 0.6) is 5.75 Å². The quantitative estimate of drug-likeness (QED) is 0.0604. The molecular weight excluding hydrogens is 1150 g/mol. The monoisotopic (exact) mass is 1230 g/mol. The number of methoxy groups -OCH3 is 1. The van der Waals surface area contributed by atoms with Gasteiger partial charge in [0.05, 0.1) is 25.4 Å². The Morgan fingerprint density at radius 1 is 0.772 bits per heavy atom. The molecule has 14 atom stereocenters. The van der Waals surface area contributed by atoms with Gasteiger partial charge in [0.1, 0.15) is 11.3 Å². The molecule has 3 aliphatic heterocycles. The highest BCUT2D eigenvalue weighted by Gasteiger charge is 2.69. The number of esters is 2. The van der Waals surface area contributed by atoms with E-state index in [0.29, 0.717) is 65.9 Å². The second kappa shape index (κ2) is 22.1. The van der Waals surface area contributed by atoms with Gasteiger partial charge in [0, 0.05) is 77.6 Å². The average molecular weight is 1230 g/mol. The van der Waals surface area contributed by atoms with Crippen molar-refractivity contribution in [3.05, 3.63) is 239 Å². The maximum atomic E-state index is 16.3. The first kappa shape index (κ1) is 57.9. The predicted octanol–water partition coefficient (Wildman–Crippen LogP) is 14.3. The Morgan fingerprint density at radius 3 is 2.45 bits per heavy atom. The number of aryl methyl sites for hydroxylation is 2. The van der Waals surface area contributed by atoms with E-state index in [4.69, 9.17) is 23.4 Å². The number of carbonyl (C=O) groups excluding carboxylic acids is 2. The SMILES string of the molecule is COCC(CCO)c1c(CO)c2ccc3c(c2oc1=O)C1OC(=O)CC2CC4C=CC2c2cc5c(cc2C=CC2=CC6CCCC7C=Cc8ccccc8C76c6cccc4c62)CCC(=C(C)CO)C(=O)OC1C1(CC=CC2(CC5)C4C=Cc5ccccc5C4CC21)O3. The van der Waals surface area contributed by atoms with Crippen molar-refractivity contribution in [3.63, 3.8) is 0 Å². The van der Waals surface area contributed by atoms with Crippen molar-refractivity contribution >= 4 is 46.7 Å². The molecule has 2 saturated carbocycles. The predicted molar refractivity (Wildman–Crippen MR) is 354 cm³/mol.